The van der Waals surface area contributed by atoms with E-state index in [0.717, 1.165) is 5.56 Å². The molecule has 2 rings (SSSR count). The quantitative estimate of drug-likeness (QED) is 0.743. The normalized spacial score (nSPS) is 10.7. The van der Waals surface area contributed by atoms with Crippen LogP contribution < -0.4 is 0 Å². The van der Waals surface area contributed by atoms with Gasteiger partial charge in [0.1, 0.15) is 0 Å². The second-order valence-electron chi connectivity index (χ2n) is 5.38. The molecular weight excluding hydrogens is 244 g/mol. The van der Waals surface area contributed by atoms with E-state index in [2.05, 4.69) is 37.8 Å². The molecule has 1 nitrogen and oxygen atoms in total. The van der Waals surface area contributed by atoms with Gasteiger partial charge in [0.15, 0.2) is 0 Å². The summed E-state index contributed by atoms with van der Waals surface area (Å²) in [5, 5.41) is 0. The second-order valence-corrected chi connectivity index (χ2v) is 5.38. The molecule has 2 aromatic carbocycles. The number of hydrogen-bond donors (Lipinski definition) is 0. The van der Waals surface area contributed by atoms with Gasteiger partial charge in [-0.3, -0.25) is 0 Å². The van der Waals surface area contributed by atoms with Gasteiger partial charge in [0.25, 0.3) is 0 Å². The molecule has 0 aliphatic carbocycles. The monoisotopic (exact) mass is 264 g/mol. The van der Waals surface area contributed by atoms with Crippen molar-refractivity contribution in [2.45, 2.75) is 32.5 Å². The van der Waals surface area contributed by atoms with Crippen molar-refractivity contribution in [1.29, 1.82) is 0 Å². The van der Waals surface area contributed by atoms with Gasteiger partial charge in [0.2, 0.25) is 0 Å². The van der Waals surface area contributed by atoms with Crippen molar-refractivity contribution in [1.82, 2.24) is 0 Å². The molecule has 0 aliphatic heterocycles. The largest absolute Gasteiger partial charge is 0.370 e. The second kappa shape index (κ2) is 6.93. The summed E-state index contributed by atoms with van der Waals surface area (Å²) in [5.41, 5.74) is 2.00. The average Bonchev–Trinajstić information content (AvgIpc) is 2.47. The van der Waals surface area contributed by atoms with Crippen LogP contribution in [-0.4, -0.2) is 5.60 Å². The molecule has 20 heavy (non-hydrogen) atoms. The molecule has 2 aromatic rings. The highest BCUT2D eigenvalue weighted by molar-refractivity contribution is 5.33. The number of rotatable bonds is 4. The Bertz CT molecular complexity index is 573. The van der Waals surface area contributed by atoms with Crippen molar-refractivity contribution in [2.24, 2.45) is 0 Å². The van der Waals surface area contributed by atoms with Gasteiger partial charge in [-0.2, -0.15) is 0 Å². The molecule has 0 spiro atoms. The van der Waals surface area contributed by atoms with Gasteiger partial charge in [0, 0.05) is 12.0 Å². The minimum Gasteiger partial charge on any atom is -0.370 e. The van der Waals surface area contributed by atoms with Gasteiger partial charge in [-0.05, 0) is 31.5 Å². The molecule has 1 heteroatoms. The summed E-state index contributed by atoms with van der Waals surface area (Å²) < 4.78 is 5.95. The van der Waals surface area contributed by atoms with Gasteiger partial charge in [-0.25, -0.2) is 0 Å². The Balaban J connectivity index is 1.87. The van der Waals surface area contributed by atoms with Gasteiger partial charge >= 0.3 is 0 Å². The van der Waals surface area contributed by atoms with Crippen LogP contribution in [0.3, 0.4) is 0 Å². The summed E-state index contributed by atoms with van der Waals surface area (Å²) in [7, 11) is 0. The first-order valence-corrected chi connectivity index (χ1v) is 6.87. The maximum absolute atomic E-state index is 5.95. The van der Waals surface area contributed by atoms with E-state index in [4.69, 9.17) is 4.74 Å². The molecule has 0 amide bonds. The van der Waals surface area contributed by atoms with Crippen LogP contribution in [0.15, 0.2) is 60.7 Å². The van der Waals surface area contributed by atoms with E-state index >= 15 is 0 Å². The minimum atomic E-state index is -0.238. The lowest BCUT2D eigenvalue weighted by atomic mass is 10.0. The van der Waals surface area contributed by atoms with Crippen LogP contribution >= 0.6 is 0 Å². The van der Waals surface area contributed by atoms with Gasteiger partial charge in [-0.1, -0.05) is 60.4 Å². The zero-order valence-corrected chi connectivity index (χ0v) is 12.1. The molecule has 0 heterocycles. The van der Waals surface area contributed by atoms with Crippen LogP contribution in [0.25, 0.3) is 0 Å². The van der Waals surface area contributed by atoms with Crippen molar-refractivity contribution in [3.05, 3.63) is 71.8 Å². The van der Waals surface area contributed by atoms with Crippen LogP contribution in [0.5, 0.6) is 0 Å². The van der Waals surface area contributed by atoms with Gasteiger partial charge in [-0.15, -0.1) is 0 Å². The molecule has 0 radical (unpaired) electrons. The topological polar surface area (TPSA) is 9.23 Å². The fourth-order valence-corrected chi connectivity index (χ4v) is 1.78. The highest BCUT2D eigenvalue weighted by Gasteiger charge is 2.16. The van der Waals surface area contributed by atoms with E-state index < -0.39 is 0 Å². The van der Waals surface area contributed by atoms with Crippen LogP contribution in [0.2, 0.25) is 0 Å². The Labute approximate surface area is 121 Å². The lowest BCUT2D eigenvalue weighted by Crippen LogP contribution is -2.23. The molecule has 0 fully saturated rings. The Kier molecular flexibility index (Phi) is 4.98. The summed E-state index contributed by atoms with van der Waals surface area (Å²) in [5.74, 6) is 6.37. The Hall–Kier alpha value is -2.04. The fourth-order valence-electron chi connectivity index (χ4n) is 1.78. The summed E-state index contributed by atoms with van der Waals surface area (Å²) >= 11 is 0. The summed E-state index contributed by atoms with van der Waals surface area (Å²) in [6.07, 6.45) is 0.717. The maximum Gasteiger partial charge on any atom is 0.0739 e. The van der Waals surface area contributed by atoms with Crippen molar-refractivity contribution in [3.8, 4) is 11.8 Å². The van der Waals surface area contributed by atoms with Crippen molar-refractivity contribution in [3.63, 3.8) is 0 Å². The lowest BCUT2D eigenvalue weighted by molar-refractivity contribution is -0.0253. The third-order valence-electron chi connectivity index (χ3n) is 2.99. The SMILES string of the molecule is CC(C)(CC#Cc1ccccc1)OCc1ccccc1. The number of benzene rings is 2. The van der Waals surface area contributed by atoms with E-state index in [1.165, 1.54) is 5.56 Å². The molecule has 0 aliphatic rings. The minimum absolute atomic E-state index is 0.238. The molecule has 0 atom stereocenters. The smallest absolute Gasteiger partial charge is 0.0739 e. The average molecular weight is 264 g/mol. The van der Waals surface area contributed by atoms with Crippen molar-refractivity contribution >= 4 is 0 Å². The standard InChI is InChI=1S/C19H20O/c1-19(2,20-16-18-12-7-4-8-13-18)15-9-14-17-10-5-3-6-11-17/h3-8,10-13H,15-16H2,1-2H3. The highest BCUT2D eigenvalue weighted by atomic mass is 16.5. The highest BCUT2D eigenvalue weighted by Crippen LogP contribution is 2.16. The van der Waals surface area contributed by atoms with E-state index in [0.29, 0.717) is 13.0 Å². The predicted molar refractivity (Wildman–Crippen MR) is 83.2 cm³/mol. The van der Waals surface area contributed by atoms with Gasteiger partial charge < -0.3 is 4.74 Å². The van der Waals surface area contributed by atoms with E-state index in [1.54, 1.807) is 0 Å². The van der Waals surface area contributed by atoms with Crippen molar-refractivity contribution in [2.75, 3.05) is 0 Å². The van der Waals surface area contributed by atoms with E-state index in [-0.39, 0.29) is 5.60 Å². The maximum atomic E-state index is 5.95. The third kappa shape index (κ3) is 4.91. The molecule has 102 valence electrons. The van der Waals surface area contributed by atoms with E-state index in [9.17, 15) is 0 Å². The molecular formula is C19H20O. The summed E-state index contributed by atoms with van der Waals surface area (Å²) in [6.45, 7) is 4.78. The zero-order valence-electron chi connectivity index (χ0n) is 12.1. The lowest BCUT2D eigenvalue weighted by Gasteiger charge is -2.22. The van der Waals surface area contributed by atoms with E-state index in [1.807, 2.05) is 48.5 Å². The molecule has 0 saturated carbocycles. The van der Waals surface area contributed by atoms with Crippen LogP contribution in [0, 0.1) is 11.8 Å². The third-order valence-corrected chi connectivity index (χ3v) is 2.99. The molecule has 0 saturated heterocycles. The first-order chi connectivity index (χ1) is 9.66. The first kappa shape index (κ1) is 14.4. The molecule has 0 unspecified atom stereocenters. The Morgan fingerprint density at radius 1 is 0.900 bits per heavy atom. The van der Waals surface area contributed by atoms with Crippen LogP contribution in [0.1, 0.15) is 31.4 Å². The Morgan fingerprint density at radius 2 is 1.50 bits per heavy atom. The summed E-state index contributed by atoms with van der Waals surface area (Å²) in [6, 6.07) is 20.3. The molecule has 0 aromatic heterocycles. The molecule has 0 bridgehead atoms. The fraction of sp³-hybridized carbons (Fsp3) is 0.263. The number of ether oxygens (including phenoxy) is 1. The van der Waals surface area contributed by atoms with Crippen LogP contribution in [0.4, 0.5) is 0 Å². The predicted octanol–water partition coefficient (Wildman–Crippen LogP) is 4.42. The summed E-state index contributed by atoms with van der Waals surface area (Å²) in [4.78, 5) is 0. The van der Waals surface area contributed by atoms with Crippen LogP contribution in [-0.2, 0) is 11.3 Å². The zero-order chi connectivity index (χ0) is 14.3. The van der Waals surface area contributed by atoms with Crippen molar-refractivity contribution < 1.29 is 4.74 Å². The molecule has 0 N–H and O–H groups in total. The van der Waals surface area contributed by atoms with Gasteiger partial charge in [0.05, 0.1) is 12.2 Å². The first-order valence-electron chi connectivity index (χ1n) is 6.87. The number of hydrogen-bond acceptors (Lipinski definition) is 1. The Morgan fingerprint density at radius 3 is 2.15 bits per heavy atom.